The number of hydrogen-bond acceptors (Lipinski definition) is 8. The molecule has 1 atom stereocenters. The molecule has 1 aliphatic rings. The Morgan fingerprint density at radius 2 is 2.03 bits per heavy atom. The second kappa shape index (κ2) is 10.0. The number of fused-ring (bicyclic) bond motifs is 1. The molecule has 8 nitrogen and oxygen atoms in total. The van der Waals surface area contributed by atoms with E-state index in [1.54, 1.807) is 51.3 Å². The fourth-order valence-corrected chi connectivity index (χ4v) is 5.12. The van der Waals surface area contributed by atoms with Gasteiger partial charge in [0.25, 0.3) is 5.56 Å². The van der Waals surface area contributed by atoms with Crippen LogP contribution in [0.25, 0.3) is 6.08 Å². The average molecular weight is 547 g/mol. The highest BCUT2D eigenvalue weighted by molar-refractivity contribution is 9.10. The Bertz CT molecular complexity index is 1450. The molecule has 0 bridgehead atoms. The first-order valence-corrected chi connectivity index (χ1v) is 12.2. The van der Waals surface area contributed by atoms with E-state index in [1.165, 1.54) is 15.9 Å². The fraction of sp³-hybridized carbons (Fsp3) is 0.292. The zero-order chi connectivity index (χ0) is 24.4. The molecule has 2 aromatic heterocycles. The molecule has 34 heavy (non-hydrogen) atoms. The standard InChI is InChI=1S/C24H23BrN2O6S/c1-5-31-17-11-14(7-9-16(17)30-4)21-20(23(29)32-6-2)13(3)26-24-27(21)22(28)18(34-24)12-15-8-10-19(25)33-15/h7-12,21H,5-6H2,1-4H3/b18-12-/t21-/m0/s1. The van der Waals surface area contributed by atoms with Gasteiger partial charge in [-0.05, 0) is 66.5 Å². The maximum absolute atomic E-state index is 13.6. The zero-order valence-corrected chi connectivity index (χ0v) is 21.5. The van der Waals surface area contributed by atoms with E-state index in [1.807, 2.05) is 13.0 Å². The number of rotatable bonds is 7. The summed E-state index contributed by atoms with van der Waals surface area (Å²) in [4.78, 5) is 31.6. The van der Waals surface area contributed by atoms with Crippen molar-refractivity contribution in [1.29, 1.82) is 0 Å². The predicted octanol–water partition coefficient (Wildman–Crippen LogP) is 3.56. The lowest BCUT2D eigenvalue weighted by Gasteiger charge is -2.25. The van der Waals surface area contributed by atoms with Gasteiger partial charge in [0.15, 0.2) is 21.0 Å². The molecule has 3 heterocycles. The molecule has 0 saturated carbocycles. The van der Waals surface area contributed by atoms with E-state index in [0.29, 0.717) is 54.7 Å². The number of hydrogen-bond donors (Lipinski definition) is 0. The summed E-state index contributed by atoms with van der Waals surface area (Å²) in [7, 11) is 1.56. The monoisotopic (exact) mass is 546 g/mol. The van der Waals surface area contributed by atoms with Crippen LogP contribution in [0.2, 0.25) is 0 Å². The summed E-state index contributed by atoms with van der Waals surface area (Å²) in [6.07, 6.45) is 1.66. The van der Waals surface area contributed by atoms with Gasteiger partial charge in [0, 0.05) is 6.08 Å². The minimum absolute atomic E-state index is 0.201. The highest BCUT2D eigenvalue weighted by Crippen LogP contribution is 2.36. The molecule has 0 aliphatic carbocycles. The van der Waals surface area contributed by atoms with Gasteiger partial charge >= 0.3 is 5.97 Å². The number of furan rings is 1. The largest absolute Gasteiger partial charge is 0.493 e. The van der Waals surface area contributed by atoms with E-state index in [-0.39, 0.29) is 12.2 Å². The van der Waals surface area contributed by atoms with Crippen LogP contribution >= 0.6 is 27.3 Å². The number of esters is 1. The fourth-order valence-electron chi connectivity index (χ4n) is 3.77. The number of carbonyl (C=O) groups excluding carboxylic acids is 1. The van der Waals surface area contributed by atoms with E-state index in [4.69, 9.17) is 18.6 Å². The van der Waals surface area contributed by atoms with Crippen molar-refractivity contribution < 1.29 is 23.4 Å². The molecule has 178 valence electrons. The molecule has 0 unspecified atom stereocenters. The Morgan fingerprint density at radius 1 is 1.24 bits per heavy atom. The second-order valence-electron chi connectivity index (χ2n) is 7.29. The van der Waals surface area contributed by atoms with Gasteiger partial charge in [-0.3, -0.25) is 9.36 Å². The first-order chi connectivity index (χ1) is 16.4. The lowest BCUT2D eigenvalue weighted by atomic mass is 9.95. The number of benzene rings is 1. The van der Waals surface area contributed by atoms with Gasteiger partial charge in [0.1, 0.15) is 5.76 Å². The van der Waals surface area contributed by atoms with Crippen molar-refractivity contribution in [3.8, 4) is 11.5 Å². The predicted molar refractivity (Wildman–Crippen MR) is 131 cm³/mol. The van der Waals surface area contributed by atoms with Gasteiger partial charge in [-0.15, -0.1) is 0 Å². The molecule has 4 rings (SSSR count). The van der Waals surface area contributed by atoms with Gasteiger partial charge in [-0.1, -0.05) is 17.4 Å². The van der Waals surface area contributed by atoms with Crippen LogP contribution in [0.3, 0.4) is 0 Å². The first kappa shape index (κ1) is 24.0. The summed E-state index contributed by atoms with van der Waals surface area (Å²) in [5, 5.41) is 0. The molecule has 0 fully saturated rings. The number of allylic oxidation sites excluding steroid dienone is 1. The molecule has 0 saturated heterocycles. The van der Waals surface area contributed by atoms with Crippen LogP contribution in [-0.2, 0) is 9.53 Å². The van der Waals surface area contributed by atoms with Crippen molar-refractivity contribution in [2.24, 2.45) is 4.99 Å². The SMILES string of the molecule is CCOC(=O)C1=C(C)N=c2s/c(=C\c3ccc(Br)o3)c(=O)n2[C@H]1c1ccc(OC)c(OCC)c1. The summed E-state index contributed by atoms with van der Waals surface area (Å²) in [6.45, 7) is 5.98. The molecular formula is C24H23BrN2O6S. The lowest BCUT2D eigenvalue weighted by molar-refractivity contribution is -0.139. The topological polar surface area (TPSA) is 92.3 Å². The number of nitrogens with zero attached hydrogens (tertiary/aromatic N) is 2. The van der Waals surface area contributed by atoms with Crippen LogP contribution in [0.4, 0.5) is 0 Å². The van der Waals surface area contributed by atoms with Gasteiger partial charge in [-0.25, -0.2) is 9.79 Å². The van der Waals surface area contributed by atoms with E-state index < -0.39 is 12.0 Å². The van der Waals surface area contributed by atoms with E-state index >= 15 is 0 Å². The summed E-state index contributed by atoms with van der Waals surface area (Å²) >= 11 is 4.50. The Morgan fingerprint density at radius 3 is 2.68 bits per heavy atom. The summed E-state index contributed by atoms with van der Waals surface area (Å²) in [6, 6.07) is 8.12. The van der Waals surface area contributed by atoms with Gasteiger partial charge < -0.3 is 18.6 Å². The Hall–Kier alpha value is -3.11. The molecule has 0 N–H and O–H groups in total. The maximum Gasteiger partial charge on any atom is 0.338 e. The molecule has 1 aromatic carbocycles. The second-order valence-corrected chi connectivity index (χ2v) is 9.08. The number of methoxy groups -OCH3 is 1. The van der Waals surface area contributed by atoms with Crippen molar-refractivity contribution in [1.82, 2.24) is 4.57 Å². The number of aromatic nitrogens is 1. The van der Waals surface area contributed by atoms with Crippen molar-refractivity contribution >= 4 is 39.3 Å². The third kappa shape index (κ3) is 4.47. The van der Waals surface area contributed by atoms with Crippen molar-refractivity contribution in [3.63, 3.8) is 0 Å². The van der Waals surface area contributed by atoms with Crippen LogP contribution in [0.15, 0.2) is 60.5 Å². The van der Waals surface area contributed by atoms with Gasteiger partial charge in [-0.2, -0.15) is 0 Å². The zero-order valence-electron chi connectivity index (χ0n) is 19.1. The summed E-state index contributed by atoms with van der Waals surface area (Å²) in [5.74, 6) is 1.08. The maximum atomic E-state index is 13.6. The van der Waals surface area contributed by atoms with E-state index in [0.717, 1.165) is 0 Å². The Balaban J connectivity index is 1.96. The lowest BCUT2D eigenvalue weighted by Crippen LogP contribution is -2.39. The third-order valence-corrected chi connectivity index (χ3v) is 6.60. The molecule has 1 aliphatic heterocycles. The van der Waals surface area contributed by atoms with Gasteiger partial charge in [0.2, 0.25) is 0 Å². The highest BCUT2D eigenvalue weighted by atomic mass is 79.9. The van der Waals surface area contributed by atoms with E-state index in [2.05, 4.69) is 20.9 Å². The first-order valence-electron chi connectivity index (χ1n) is 10.6. The van der Waals surface area contributed by atoms with Crippen molar-refractivity contribution in [2.45, 2.75) is 26.8 Å². The number of carbonyl (C=O) groups is 1. The Kier molecular flexibility index (Phi) is 7.08. The quantitative estimate of drug-likeness (QED) is 0.420. The van der Waals surface area contributed by atoms with Crippen molar-refractivity contribution in [3.05, 3.63) is 77.3 Å². The van der Waals surface area contributed by atoms with Crippen molar-refractivity contribution in [2.75, 3.05) is 20.3 Å². The van der Waals surface area contributed by atoms with Crippen LogP contribution < -0.4 is 24.4 Å². The third-order valence-electron chi connectivity index (χ3n) is 5.19. The highest BCUT2D eigenvalue weighted by Gasteiger charge is 2.34. The van der Waals surface area contributed by atoms with Crippen LogP contribution in [-0.4, -0.2) is 30.9 Å². The van der Waals surface area contributed by atoms with Gasteiger partial charge in [0.05, 0.1) is 42.2 Å². The Labute approximate surface area is 207 Å². The molecule has 0 radical (unpaired) electrons. The minimum atomic E-state index is -0.745. The summed E-state index contributed by atoms with van der Waals surface area (Å²) < 4.78 is 24.5. The van der Waals surface area contributed by atoms with Crippen LogP contribution in [0, 0.1) is 0 Å². The summed E-state index contributed by atoms with van der Waals surface area (Å²) in [5.41, 5.74) is 1.18. The van der Waals surface area contributed by atoms with E-state index in [9.17, 15) is 9.59 Å². The molecule has 0 amide bonds. The molecular weight excluding hydrogens is 524 g/mol. The molecule has 0 spiro atoms. The number of halogens is 1. The number of ether oxygens (including phenoxy) is 3. The smallest absolute Gasteiger partial charge is 0.338 e. The van der Waals surface area contributed by atoms with Crippen LogP contribution in [0.1, 0.15) is 38.1 Å². The minimum Gasteiger partial charge on any atom is -0.493 e. The van der Waals surface area contributed by atoms with Crippen LogP contribution in [0.5, 0.6) is 11.5 Å². The average Bonchev–Trinajstić information content (AvgIpc) is 3.35. The normalized spacial score (nSPS) is 15.7. The number of thiazole rings is 1. The molecule has 3 aromatic rings. The molecule has 10 heteroatoms.